The molecule has 0 aliphatic heterocycles. The standard InChI is InChI=1S/C20H18F3N7O/c1-30-11-15(16(29-30)20(21,22)23)26-19-27-17-14(7-9-25-17)18(28-19)31-13-6-2-4-12(10-13)5-3-8-24/h2-7,9-11H,8,24H2,1H3,(H2,25,26,27,28). The van der Waals surface area contributed by atoms with Crippen molar-refractivity contribution in [3.63, 3.8) is 0 Å². The smallest absolute Gasteiger partial charge is 0.437 e. The molecule has 1 aromatic carbocycles. The summed E-state index contributed by atoms with van der Waals surface area (Å²) >= 11 is 0. The Morgan fingerprint density at radius 2 is 2.10 bits per heavy atom. The number of anilines is 2. The van der Waals surface area contributed by atoms with Crippen molar-refractivity contribution in [3.8, 4) is 11.6 Å². The van der Waals surface area contributed by atoms with Crippen molar-refractivity contribution in [2.45, 2.75) is 6.18 Å². The van der Waals surface area contributed by atoms with E-state index in [1.165, 1.54) is 13.2 Å². The van der Waals surface area contributed by atoms with Gasteiger partial charge in [0.15, 0.2) is 5.69 Å². The number of benzene rings is 1. The van der Waals surface area contributed by atoms with E-state index in [4.69, 9.17) is 10.5 Å². The van der Waals surface area contributed by atoms with Gasteiger partial charge in [0.1, 0.15) is 11.4 Å². The molecule has 0 spiro atoms. The summed E-state index contributed by atoms with van der Waals surface area (Å²) in [5.74, 6) is 0.623. The number of fused-ring (bicyclic) bond motifs is 1. The highest BCUT2D eigenvalue weighted by molar-refractivity contribution is 5.82. The van der Waals surface area contributed by atoms with E-state index in [1.54, 1.807) is 24.4 Å². The molecule has 4 N–H and O–H groups in total. The fraction of sp³-hybridized carbons (Fsp3) is 0.150. The average molecular weight is 429 g/mol. The number of alkyl halides is 3. The Hall–Kier alpha value is -3.86. The van der Waals surface area contributed by atoms with Crippen molar-refractivity contribution in [1.82, 2.24) is 24.7 Å². The zero-order chi connectivity index (χ0) is 22.0. The molecular weight excluding hydrogens is 411 g/mol. The number of aromatic amines is 1. The third-order valence-electron chi connectivity index (χ3n) is 4.24. The topological polar surface area (TPSA) is 107 Å². The molecule has 8 nitrogen and oxygen atoms in total. The summed E-state index contributed by atoms with van der Waals surface area (Å²) in [6, 6.07) is 8.96. The van der Waals surface area contributed by atoms with Crippen LogP contribution in [0.3, 0.4) is 0 Å². The van der Waals surface area contributed by atoms with Gasteiger partial charge in [-0.3, -0.25) is 4.68 Å². The van der Waals surface area contributed by atoms with Crippen molar-refractivity contribution in [2.75, 3.05) is 11.9 Å². The van der Waals surface area contributed by atoms with Crippen LogP contribution in [0, 0.1) is 0 Å². The second-order valence-electron chi connectivity index (χ2n) is 6.59. The first-order valence-electron chi connectivity index (χ1n) is 9.21. The Bertz CT molecular complexity index is 1240. The number of nitrogens with two attached hydrogens (primary N) is 1. The molecule has 0 fully saturated rings. The third kappa shape index (κ3) is 4.51. The highest BCUT2D eigenvalue weighted by atomic mass is 19.4. The largest absolute Gasteiger partial charge is 0.438 e. The minimum atomic E-state index is -4.63. The summed E-state index contributed by atoms with van der Waals surface area (Å²) in [6.45, 7) is 0.407. The Balaban J connectivity index is 1.69. The van der Waals surface area contributed by atoms with Gasteiger partial charge in [0, 0.05) is 26.0 Å². The number of halogens is 3. The molecule has 31 heavy (non-hydrogen) atoms. The summed E-state index contributed by atoms with van der Waals surface area (Å²) in [6.07, 6.45) is 1.88. The molecule has 0 aliphatic rings. The summed E-state index contributed by atoms with van der Waals surface area (Å²) in [5.41, 5.74) is 5.45. The summed E-state index contributed by atoms with van der Waals surface area (Å²) < 4.78 is 46.8. The van der Waals surface area contributed by atoms with Crippen molar-refractivity contribution >= 4 is 28.7 Å². The molecule has 0 unspecified atom stereocenters. The van der Waals surface area contributed by atoms with Gasteiger partial charge in [-0.25, -0.2) is 0 Å². The van der Waals surface area contributed by atoms with Crippen molar-refractivity contribution < 1.29 is 17.9 Å². The van der Waals surface area contributed by atoms with Crippen LogP contribution in [0.25, 0.3) is 17.1 Å². The second-order valence-corrected chi connectivity index (χ2v) is 6.59. The Kier molecular flexibility index (Phi) is 5.34. The van der Waals surface area contributed by atoms with Gasteiger partial charge in [0.05, 0.1) is 11.1 Å². The van der Waals surface area contributed by atoms with Gasteiger partial charge in [-0.2, -0.15) is 28.2 Å². The van der Waals surface area contributed by atoms with Crippen LogP contribution >= 0.6 is 0 Å². The molecule has 0 radical (unpaired) electrons. The predicted molar refractivity (Wildman–Crippen MR) is 110 cm³/mol. The summed E-state index contributed by atoms with van der Waals surface area (Å²) in [4.78, 5) is 11.4. The Morgan fingerprint density at radius 3 is 2.87 bits per heavy atom. The van der Waals surface area contributed by atoms with E-state index in [2.05, 4.69) is 25.4 Å². The van der Waals surface area contributed by atoms with E-state index in [0.29, 0.717) is 23.3 Å². The van der Waals surface area contributed by atoms with Crippen LogP contribution in [0.15, 0.2) is 48.8 Å². The Morgan fingerprint density at radius 1 is 1.26 bits per heavy atom. The maximum atomic E-state index is 13.3. The van der Waals surface area contributed by atoms with Gasteiger partial charge in [0.25, 0.3) is 0 Å². The van der Waals surface area contributed by atoms with Gasteiger partial charge in [-0.1, -0.05) is 24.3 Å². The second kappa shape index (κ2) is 8.11. The van der Waals surface area contributed by atoms with Gasteiger partial charge < -0.3 is 20.8 Å². The predicted octanol–water partition coefficient (Wildman–Crippen LogP) is 4.22. The first-order valence-corrected chi connectivity index (χ1v) is 9.21. The van der Waals surface area contributed by atoms with Crippen LogP contribution < -0.4 is 15.8 Å². The molecule has 160 valence electrons. The van der Waals surface area contributed by atoms with Gasteiger partial charge in [0.2, 0.25) is 11.8 Å². The highest BCUT2D eigenvalue weighted by Crippen LogP contribution is 2.35. The lowest BCUT2D eigenvalue weighted by Crippen LogP contribution is -2.10. The number of hydrogen-bond acceptors (Lipinski definition) is 6. The number of nitrogens with zero attached hydrogens (tertiary/aromatic N) is 4. The minimum absolute atomic E-state index is 0.0670. The number of H-pyrrole nitrogens is 1. The van der Waals surface area contributed by atoms with Crippen LogP contribution in [-0.2, 0) is 13.2 Å². The normalized spacial score (nSPS) is 12.0. The van der Waals surface area contributed by atoms with Crippen molar-refractivity contribution in [1.29, 1.82) is 0 Å². The molecule has 4 aromatic rings. The van der Waals surface area contributed by atoms with E-state index >= 15 is 0 Å². The molecule has 4 rings (SSSR count). The van der Waals surface area contributed by atoms with E-state index in [0.717, 1.165) is 10.2 Å². The molecule has 3 aromatic heterocycles. The molecular formula is C20H18F3N7O. The number of rotatable bonds is 6. The maximum Gasteiger partial charge on any atom is 0.437 e. The quantitative estimate of drug-likeness (QED) is 0.424. The number of hydrogen-bond donors (Lipinski definition) is 3. The van der Waals surface area contributed by atoms with Crippen LogP contribution in [0.1, 0.15) is 11.3 Å². The minimum Gasteiger partial charge on any atom is -0.438 e. The number of nitrogens with one attached hydrogen (secondary N) is 2. The van der Waals surface area contributed by atoms with Gasteiger partial charge >= 0.3 is 6.18 Å². The summed E-state index contributed by atoms with van der Waals surface area (Å²) in [7, 11) is 1.40. The zero-order valence-corrected chi connectivity index (χ0v) is 16.3. The molecule has 0 atom stereocenters. The van der Waals surface area contributed by atoms with Crippen LogP contribution in [-0.4, -0.2) is 31.3 Å². The van der Waals surface area contributed by atoms with E-state index in [1.807, 2.05) is 24.3 Å². The number of aromatic nitrogens is 5. The lowest BCUT2D eigenvalue weighted by Gasteiger charge is -2.10. The SMILES string of the molecule is Cn1cc(Nc2nc(Oc3cccc(C=CCN)c3)c3cc[nH]c3n2)c(C(F)(F)F)n1. The summed E-state index contributed by atoms with van der Waals surface area (Å²) in [5, 5.41) is 6.65. The average Bonchev–Trinajstić information content (AvgIpc) is 3.33. The lowest BCUT2D eigenvalue weighted by atomic mass is 10.2. The van der Waals surface area contributed by atoms with E-state index in [9.17, 15) is 13.2 Å². The molecule has 0 aliphatic carbocycles. The first kappa shape index (κ1) is 20.4. The fourth-order valence-corrected chi connectivity index (χ4v) is 2.95. The van der Waals surface area contributed by atoms with Crippen LogP contribution in [0.4, 0.5) is 24.8 Å². The fourth-order valence-electron chi connectivity index (χ4n) is 2.95. The van der Waals surface area contributed by atoms with Crippen LogP contribution in [0.5, 0.6) is 11.6 Å². The van der Waals surface area contributed by atoms with Crippen molar-refractivity contribution in [2.24, 2.45) is 12.8 Å². The molecule has 0 bridgehead atoms. The molecule has 0 saturated carbocycles. The van der Waals surface area contributed by atoms with E-state index in [-0.39, 0.29) is 17.5 Å². The zero-order valence-electron chi connectivity index (χ0n) is 16.3. The molecule has 11 heteroatoms. The van der Waals surface area contributed by atoms with Crippen molar-refractivity contribution in [3.05, 3.63) is 60.1 Å². The molecule has 3 heterocycles. The van der Waals surface area contributed by atoms with Gasteiger partial charge in [-0.15, -0.1) is 0 Å². The number of aryl methyl sites for hydroxylation is 1. The lowest BCUT2D eigenvalue weighted by molar-refractivity contribution is -0.140. The monoisotopic (exact) mass is 429 g/mol. The molecule has 0 amide bonds. The van der Waals surface area contributed by atoms with Crippen LogP contribution in [0.2, 0.25) is 0 Å². The Labute approximate surface area is 174 Å². The molecule has 0 saturated heterocycles. The van der Waals surface area contributed by atoms with E-state index < -0.39 is 11.9 Å². The highest BCUT2D eigenvalue weighted by Gasteiger charge is 2.37. The number of ether oxygens (including phenoxy) is 1. The first-order chi connectivity index (χ1) is 14.8. The maximum absolute atomic E-state index is 13.3. The third-order valence-corrected chi connectivity index (χ3v) is 4.24. The van der Waals surface area contributed by atoms with Gasteiger partial charge in [-0.05, 0) is 23.8 Å².